The molecule has 4 heteroatoms. The zero-order valence-electron chi connectivity index (χ0n) is 31.2. The highest BCUT2D eigenvalue weighted by atomic mass is 32.1. The maximum atomic E-state index is 2.48. The van der Waals surface area contributed by atoms with Crippen LogP contribution in [0.2, 0.25) is 0 Å². The van der Waals surface area contributed by atoms with Crippen molar-refractivity contribution < 1.29 is 0 Å². The van der Waals surface area contributed by atoms with E-state index in [0.717, 1.165) is 0 Å². The van der Waals surface area contributed by atoms with Crippen molar-refractivity contribution in [3.63, 3.8) is 0 Å². The number of thiophene rings is 2. The van der Waals surface area contributed by atoms with Gasteiger partial charge in [0, 0.05) is 73.3 Å². The van der Waals surface area contributed by atoms with Crippen LogP contribution in [0.25, 0.3) is 118 Å². The Morgan fingerprint density at radius 2 is 0.621 bits per heavy atom. The molecule has 0 N–H and O–H groups in total. The summed E-state index contributed by atoms with van der Waals surface area (Å²) in [4.78, 5) is 0. The lowest BCUT2D eigenvalue weighted by atomic mass is 10.0. The Balaban J connectivity index is 1.04. The van der Waals surface area contributed by atoms with Gasteiger partial charge in [-0.15, -0.1) is 22.7 Å². The van der Waals surface area contributed by atoms with E-state index in [-0.39, 0.29) is 0 Å². The molecule has 0 aliphatic carbocycles. The average molecular weight is 773 g/mol. The van der Waals surface area contributed by atoms with Crippen LogP contribution in [0.15, 0.2) is 194 Å². The number of benzene rings is 9. The van der Waals surface area contributed by atoms with E-state index in [1.165, 1.54) is 118 Å². The third-order valence-electron chi connectivity index (χ3n) is 12.1. The molecule has 0 unspecified atom stereocenters. The van der Waals surface area contributed by atoms with Gasteiger partial charge < -0.3 is 9.13 Å². The van der Waals surface area contributed by atoms with Crippen LogP contribution in [-0.4, -0.2) is 9.13 Å². The van der Waals surface area contributed by atoms with Crippen LogP contribution < -0.4 is 0 Å². The standard InChI is InChI=1S/C54H32N2S2/c1-3-11-33(12-4-1)35-19-23-51-43(27-35)45-29-37(21-25-53(45)57-51)55-47-17-9-7-15-39(47)41-32-50-42(31-49(41)55)40-16-8-10-18-48(40)56(50)38-22-26-54-46(30-38)44-28-36(20-24-52(44)58-54)34-13-5-2-6-14-34/h1-32H. The quantitative estimate of drug-likeness (QED) is 0.169. The van der Waals surface area contributed by atoms with Crippen molar-refractivity contribution in [1.82, 2.24) is 9.13 Å². The molecule has 0 radical (unpaired) electrons. The van der Waals surface area contributed by atoms with Crippen molar-refractivity contribution in [3.8, 4) is 33.6 Å². The number of fused-ring (bicyclic) bond motifs is 12. The molecular formula is C54H32N2S2. The highest BCUT2D eigenvalue weighted by molar-refractivity contribution is 7.26. The third-order valence-corrected chi connectivity index (χ3v) is 14.4. The Hall–Kier alpha value is -6.98. The first kappa shape index (κ1) is 32.1. The van der Waals surface area contributed by atoms with Crippen LogP contribution in [-0.2, 0) is 0 Å². The van der Waals surface area contributed by atoms with Crippen molar-refractivity contribution in [2.75, 3.05) is 0 Å². The first-order valence-corrected chi connectivity index (χ1v) is 21.4. The van der Waals surface area contributed by atoms with Gasteiger partial charge in [0.15, 0.2) is 0 Å². The minimum absolute atomic E-state index is 1.18. The summed E-state index contributed by atoms with van der Waals surface area (Å²) < 4.78 is 10.2. The molecule has 4 aromatic heterocycles. The predicted octanol–water partition coefficient (Wildman–Crippen LogP) is 16.0. The lowest BCUT2D eigenvalue weighted by molar-refractivity contribution is 1.18. The summed E-state index contributed by atoms with van der Waals surface area (Å²) in [6, 6.07) is 72.0. The molecule has 13 aromatic rings. The highest BCUT2D eigenvalue weighted by Crippen LogP contribution is 2.43. The summed E-state index contributed by atoms with van der Waals surface area (Å²) >= 11 is 3.74. The van der Waals surface area contributed by atoms with E-state index in [4.69, 9.17) is 0 Å². The van der Waals surface area contributed by atoms with Gasteiger partial charge in [-0.2, -0.15) is 0 Å². The molecule has 0 amide bonds. The lowest BCUT2D eigenvalue weighted by Gasteiger charge is -2.10. The van der Waals surface area contributed by atoms with Crippen LogP contribution in [0.1, 0.15) is 0 Å². The highest BCUT2D eigenvalue weighted by Gasteiger charge is 2.20. The zero-order valence-corrected chi connectivity index (χ0v) is 32.8. The molecule has 0 aliphatic heterocycles. The van der Waals surface area contributed by atoms with E-state index in [9.17, 15) is 0 Å². The second kappa shape index (κ2) is 12.3. The molecule has 270 valence electrons. The van der Waals surface area contributed by atoms with E-state index < -0.39 is 0 Å². The van der Waals surface area contributed by atoms with Gasteiger partial charge in [0.05, 0.1) is 22.1 Å². The van der Waals surface area contributed by atoms with Gasteiger partial charge in [0.25, 0.3) is 0 Å². The minimum Gasteiger partial charge on any atom is -0.309 e. The molecule has 13 rings (SSSR count). The number of para-hydroxylation sites is 2. The summed E-state index contributed by atoms with van der Waals surface area (Å²) in [6.07, 6.45) is 0. The van der Waals surface area contributed by atoms with Crippen molar-refractivity contribution >= 4 is 107 Å². The van der Waals surface area contributed by atoms with Crippen LogP contribution >= 0.6 is 22.7 Å². The number of hydrogen-bond donors (Lipinski definition) is 0. The fourth-order valence-electron chi connectivity index (χ4n) is 9.42. The van der Waals surface area contributed by atoms with Gasteiger partial charge in [-0.05, 0) is 107 Å². The zero-order chi connectivity index (χ0) is 37.9. The molecule has 0 fully saturated rings. The van der Waals surface area contributed by atoms with Crippen LogP contribution in [0, 0.1) is 0 Å². The summed E-state index contributed by atoms with van der Waals surface area (Å²) in [5.74, 6) is 0. The first-order chi connectivity index (χ1) is 28.7. The molecule has 0 aliphatic rings. The van der Waals surface area contributed by atoms with Crippen molar-refractivity contribution in [3.05, 3.63) is 194 Å². The van der Waals surface area contributed by atoms with E-state index in [0.29, 0.717) is 0 Å². The van der Waals surface area contributed by atoms with Gasteiger partial charge in [-0.3, -0.25) is 0 Å². The Morgan fingerprint density at radius 3 is 1.07 bits per heavy atom. The van der Waals surface area contributed by atoms with E-state index >= 15 is 0 Å². The second-order valence-corrected chi connectivity index (χ2v) is 17.5. The third kappa shape index (κ3) is 4.70. The van der Waals surface area contributed by atoms with Gasteiger partial charge in [0.2, 0.25) is 0 Å². The summed E-state index contributed by atoms with van der Waals surface area (Å²) in [5.41, 5.74) is 12.2. The number of rotatable bonds is 4. The van der Waals surface area contributed by atoms with E-state index in [1.54, 1.807) is 0 Å². The molecule has 0 atom stereocenters. The van der Waals surface area contributed by atoms with Gasteiger partial charge in [-0.1, -0.05) is 109 Å². The monoisotopic (exact) mass is 772 g/mol. The Morgan fingerprint density at radius 1 is 0.241 bits per heavy atom. The smallest absolute Gasteiger partial charge is 0.0548 e. The second-order valence-electron chi connectivity index (χ2n) is 15.3. The topological polar surface area (TPSA) is 9.86 Å². The summed E-state index contributed by atoms with van der Waals surface area (Å²) in [5, 5.41) is 10.2. The van der Waals surface area contributed by atoms with Crippen molar-refractivity contribution in [2.24, 2.45) is 0 Å². The fourth-order valence-corrected chi connectivity index (χ4v) is 11.5. The first-order valence-electron chi connectivity index (χ1n) is 19.7. The largest absolute Gasteiger partial charge is 0.309 e. The molecule has 2 nitrogen and oxygen atoms in total. The SMILES string of the molecule is c1ccc(-c2ccc3sc4ccc(-n5c6ccccc6c6cc7c(cc65)c5ccccc5n7-c5ccc6sc7ccc(-c8ccccc8)cc7c6c5)cc4c3c2)cc1. The molecule has 0 saturated carbocycles. The lowest BCUT2D eigenvalue weighted by Crippen LogP contribution is -1.94. The maximum absolute atomic E-state index is 2.48. The molecule has 0 spiro atoms. The number of aromatic nitrogens is 2. The Kier molecular flexibility index (Phi) is 6.79. The normalized spacial score (nSPS) is 12.1. The molecule has 0 saturated heterocycles. The molecular weight excluding hydrogens is 741 g/mol. The number of hydrogen-bond acceptors (Lipinski definition) is 2. The van der Waals surface area contributed by atoms with E-state index in [2.05, 4.69) is 203 Å². The maximum Gasteiger partial charge on any atom is 0.0548 e. The number of nitrogens with zero attached hydrogens (tertiary/aromatic N) is 2. The Bertz CT molecular complexity index is 3540. The van der Waals surface area contributed by atoms with Gasteiger partial charge >= 0.3 is 0 Å². The summed E-state index contributed by atoms with van der Waals surface area (Å²) in [7, 11) is 0. The summed E-state index contributed by atoms with van der Waals surface area (Å²) in [6.45, 7) is 0. The molecule has 9 aromatic carbocycles. The van der Waals surface area contributed by atoms with Crippen LogP contribution in [0.3, 0.4) is 0 Å². The van der Waals surface area contributed by atoms with Crippen molar-refractivity contribution in [2.45, 2.75) is 0 Å². The fraction of sp³-hybridized carbons (Fsp3) is 0. The molecule has 4 heterocycles. The van der Waals surface area contributed by atoms with Gasteiger partial charge in [0.1, 0.15) is 0 Å². The molecule has 58 heavy (non-hydrogen) atoms. The van der Waals surface area contributed by atoms with Crippen molar-refractivity contribution in [1.29, 1.82) is 0 Å². The van der Waals surface area contributed by atoms with E-state index in [1.807, 2.05) is 22.7 Å². The predicted molar refractivity (Wildman–Crippen MR) is 252 cm³/mol. The van der Waals surface area contributed by atoms with Crippen LogP contribution in [0.5, 0.6) is 0 Å². The average Bonchev–Trinajstić information content (AvgIpc) is 4.03. The molecule has 0 bridgehead atoms. The minimum atomic E-state index is 1.18. The van der Waals surface area contributed by atoms with Gasteiger partial charge in [-0.25, -0.2) is 0 Å². The van der Waals surface area contributed by atoms with Crippen LogP contribution in [0.4, 0.5) is 0 Å². The Labute approximate surface area is 341 Å².